The van der Waals surface area contributed by atoms with Gasteiger partial charge in [0.15, 0.2) is 5.78 Å². The fourth-order valence-corrected chi connectivity index (χ4v) is 5.34. The first-order valence-corrected chi connectivity index (χ1v) is 13.0. The van der Waals surface area contributed by atoms with Crippen molar-refractivity contribution in [1.82, 2.24) is 9.29 Å². The number of amides is 1. The molecule has 32 heavy (non-hydrogen) atoms. The Morgan fingerprint density at radius 3 is 2.25 bits per heavy atom. The summed E-state index contributed by atoms with van der Waals surface area (Å²) in [4.78, 5) is 29.0. The number of nitrogens with zero attached hydrogens (tertiary/aromatic N) is 2. The molecule has 1 fully saturated rings. The molecule has 1 aromatic carbocycles. The summed E-state index contributed by atoms with van der Waals surface area (Å²) < 4.78 is 26.9. The van der Waals surface area contributed by atoms with Gasteiger partial charge in [-0.1, -0.05) is 39.0 Å². The average Bonchev–Trinajstić information content (AvgIpc) is 2.78. The van der Waals surface area contributed by atoms with Gasteiger partial charge in [0, 0.05) is 36.0 Å². The molecule has 1 aliphatic rings. The Morgan fingerprint density at radius 2 is 1.69 bits per heavy atom. The van der Waals surface area contributed by atoms with Crippen molar-refractivity contribution < 1.29 is 18.0 Å². The summed E-state index contributed by atoms with van der Waals surface area (Å²) in [6.07, 6.45) is 4.19. The van der Waals surface area contributed by atoms with E-state index in [0.717, 1.165) is 19.3 Å². The average molecular weight is 476 g/mol. The lowest BCUT2D eigenvalue weighted by Gasteiger charge is -2.25. The summed E-state index contributed by atoms with van der Waals surface area (Å²) in [5, 5.41) is 3.42. The van der Waals surface area contributed by atoms with Crippen LogP contribution in [0.1, 0.15) is 50.4 Å². The molecular weight excluding hydrogens is 446 g/mol. The lowest BCUT2D eigenvalue weighted by Crippen LogP contribution is -2.35. The zero-order valence-corrected chi connectivity index (χ0v) is 20.3. The second-order valence-corrected chi connectivity index (χ2v) is 11.7. The third-order valence-electron chi connectivity index (χ3n) is 5.16. The number of pyridine rings is 1. The van der Waals surface area contributed by atoms with E-state index in [2.05, 4.69) is 10.3 Å². The zero-order valence-electron chi connectivity index (χ0n) is 18.6. The molecule has 3 rings (SSSR count). The van der Waals surface area contributed by atoms with E-state index in [1.54, 1.807) is 36.4 Å². The smallest absolute Gasteiger partial charge is 0.244 e. The van der Waals surface area contributed by atoms with E-state index in [1.165, 1.54) is 22.3 Å². The Kier molecular flexibility index (Phi) is 7.74. The number of benzene rings is 1. The molecule has 1 aromatic heterocycles. The highest BCUT2D eigenvalue weighted by atomic mass is 32.2. The number of hydrogen-bond donors (Lipinski definition) is 1. The topological polar surface area (TPSA) is 96.4 Å². The summed E-state index contributed by atoms with van der Waals surface area (Å²) in [6, 6.07) is 9.97. The highest BCUT2D eigenvalue weighted by molar-refractivity contribution is 7.99. The first-order valence-electron chi connectivity index (χ1n) is 10.6. The van der Waals surface area contributed by atoms with Crippen LogP contribution in [0.25, 0.3) is 0 Å². The standard InChI is InChI=1S/C23H29N3O4S2/c1-23(2,3)22(28)25-18-9-7-17(8-10-18)20(27)16-31-21-12-11-19(15-24-21)32(29,30)26-13-5-4-6-14-26/h7-12,15H,4-6,13-14,16H2,1-3H3,(H,25,28). The molecule has 0 radical (unpaired) electrons. The first-order chi connectivity index (χ1) is 15.1. The quantitative estimate of drug-likeness (QED) is 0.476. The number of carbonyl (C=O) groups is 2. The molecule has 0 aliphatic carbocycles. The van der Waals surface area contributed by atoms with Crippen LogP contribution >= 0.6 is 11.8 Å². The van der Waals surface area contributed by atoms with Crippen LogP contribution in [0.2, 0.25) is 0 Å². The van der Waals surface area contributed by atoms with Gasteiger partial charge in [-0.15, -0.1) is 0 Å². The van der Waals surface area contributed by atoms with E-state index < -0.39 is 15.4 Å². The Bertz CT molecular complexity index is 1050. The number of hydrogen-bond acceptors (Lipinski definition) is 6. The Morgan fingerprint density at radius 1 is 1.03 bits per heavy atom. The Hall–Kier alpha value is -2.23. The van der Waals surface area contributed by atoms with Gasteiger partial charge in [-0.3, -0.25) is 9.59 Å². The summed E-state index contributed by atoms with van der Waals surface area (Å²) in [5.74, 6) is 0.0123. The molecule has 9 heteroatoms. The zero-order chi connectivity index (χ0) is 23.4. The van der Waals surface area contributed by atoms with Crippen LogP contribution in [0.15, 0.2) is 52.5 Å². The van der Waals surface area contributed by atoms with Gasteiger partial charge in [-0.05, 0) is 49.2 Å². The molecule has 172 valence electrons. The van der Waals surface area contributed by atoms with Gasteiger partial charge in [-0.2, -0.15) is 4.31 Å². The minimum Gasteiger partial charge on any atom is -0.326 e. The van der Waals surface area contributed by atoms with Gasteiger partial charge in [-0.25, -0.2) is 13.4 Å². The van der Waals surface area contributed by atoms with Crippen molar-refractivity contribution in [2.24, 2.45) is 5.41 Å². The number of anilines is 1. The molecule has 2 heterocycles. The molecule has 0 unspecified atom stereocenters. The van der Waals surface area contributed by atoms with Crippen molar-refractivity contribution in [3.63, 3.8) is 0 Å². The van der Waals surface area contributed by atoms with Crippen molar-refractivity contribution in [3.05, 3.63) is 48.2 Å². The van der Waals surface area contributed by atoms with Gasteiger partial charge < -0.3 is 5.32 Å². The summed E-state index contributed by atoms with van der Waals surface area (Å²) in [6.45, 7) is 6.60. The SMILES string of the molecule is CC(C)(C)C(=O)Nc1ccc(C(=O)CSc2ccc(S(=O)(=O)N3CCCCC3)cn2)cc1. The van der Waals surface area contributed by atoms with Crippen molar-refractivity contribution in [2.75, 3.05) is 24.2 Å². The van der Waals surface area contributed by atoms with Crippen LogP contribution in [-0.2, 0) is 14.8 Å². The molecule has 0 saturated carbocycles. The Balaban J connectivity index is 1.56. The van der Waals surface area contributed by atoms with Crippen LogP contribution in [0.5, 0.6) is 0 Å². The molecule has 0 bridgehead atoms. The molecule has 2 aromatic rings. The minimum atomic E-state index is -3.51. The normalized spacial score (nSPS) is 15.3. The number of thioether (sulfide) groups is 1. The van der Waals surface area contributed by atoms with Crippen LogP contribution < -0.4 is 5.32 Å². The highest BCUT2D eigenvalue weighted by Gasteiger charge is 2.26. The highest BCUT2D eigenvalue weighted by Crippen LogP contribution is 2.23. The number of carbonyl (C=O) groups excluding carboxylic acids is 2. The second kappa shape index (κ2) is 10.1. The number of piperidine rings is 1. The number of nitrogens with one attached hydrogen (secondary N) is 1. The third kappa shape index (κ3) is 6.17. The molecule has 0 atom stereocenters. The number of rotatable bonds is 7. The predicted octanol–water partition coefficient (Wildman–Crippen LogP) is 4.22. The number of aromatic nitrogens is 1. The van der Waals surface area contributed by atoms with Crippen molar-refractivity contribution in [2.45, 2.75) is 50.0 Å². The number of sulfonamides is 1. The fourth-order valence-electron chi connectivity index (χ4n) is 3.14. The first kappa shape index (κ1) is 24.4. The third-order valence-corrected chi connectivity index (χ3v) is 7.99. The van der Waals surface area contributed by atoms with E-state index in [4.69, 9.17) is 0 Å². The van der Waals surface area contributed by atoms with E-state index >= 15 is 0 Å². The molecule has 0 spiro atoms. The number of Topliss-reactive ketones (excluding diaryl/α,β-unsaturated/α-hetero) is 1. The molecular formula is C23H29N3O4S2. The van der Waals surface area contributed by atoms with Crippen molar-refractivity contribution in [3.8, 4) is 0 Å². The van der Waals surface area contributed by atoms with E-state index in [1.807, 2.05) is 20.8 Å². The molecule has 7 nitrogen and oxygen atoms in total. The lowest BCUT2D eigenvalue weighted by atomic mass is 9.95. The van der Waals surface area contributed by atoms with Gasteiger partial charge in [0.1, 0.15) is 4.90 Å². The van der Waals surface area contributed by atoms with Gasteiger partial charge >= 0.3 is 0 Å². The van der Waals surface area contributed by atoms with Gasteiger partial charge in [0.25, 0.3) is 0 Å². The summed E-state index contributed by atoms with van der Waals surface area (Å²) in [7, 11) is -3.51. The largest absolute Gasteiger partial charge is 0.326 e. The van der Waals surface area contributed by atoms with Crippen LogP contribution in [-0.4, -0.2) is 48.2 Å². The maximum atomic E-state index is 12.7. The number of ketones is 1. The lowest BCUT2D eigenvalue weighted by molar-refractivity contribution is -0.123. The van der Waals surface area contributed by atoms with Crippen molar-refractivity contribution in [1.29, 1.82) is 0 Å². The van der Waals surface area contributed by atoms with Crippen LogP contribution in [0.3, 0.4) is 0 Å². The van der Waals surface area contributed by atoms with E-state index in [9.17, 15) is 18.0 Å². The van der Waals surface area contributed by atoms with E-state index in [0.29, 0.717) is 29.4 Å². The van der Waals surface area contributed by atoms with E-state index in [-0.39, 0.29) is 22.3 Å². The molecule has 1 amide bonds. The maximum Gasteiger partial charge on any atom is 0.244 e. The molecule has 1 N–H and O–H groups in total. The summed E-state index contributed by atoms with van der Waals surface area (Å²) >= 11 is 1.26. The van der Waals surface area contributed by atoms with Crippen LogP contribution in [0.4, 0.5) is 5.69 Å². The molecule has 1 saturated heterocycles. The van der Waals surface area contributed by atoms with Crippen LogP contribution in [0, 0.1) is 5.41 Å². The molecule has 1 aliphatic heterocycles. The second-order valence-electron chi connectivity index (χ2n) is 8.79. The van der Waals surface area contributed by atoms with Gasteiger partial charge in [0.2, 0.25) is 15.9 Å². The summed E-state index contributed by atoms with van der Waals surface area (Å²) in [5.41, 5.74) is 0.678. The Labute approximate surface area is 194 Å². The monoisotopic (exact) mass is 475 g/mol. The maximum absolute atomic E-state index is 12.7. The van der Waals surface area contributed by atoms with Gasteiger partial charge in [0.05, 0.1) is 10.8 Å². The predicted molar refractivity (Wildman–Crippen MR) is 126 cm³/mol. The fraction of sp³-hybridized carbons (Fsp3) is 0.435. The minimum absolute atomic E-state index is 0.0736. The van der Waals surface area contributed by atoms with Crippen molar-refractivity contribution >= 4 is 39.2 Å².